The Labute approximate surface area is 95.0 Å². The zero-order chi connectivity index (χ0) is 12.1. The fourth-order valence-electron chi connectivity index (χ4n) is 1.44. The van der Waals surface area contributed by atoms with Crippen LogP contribution in [0.4, 0.5) is 4.39 Å². The molecule has 1 aromatic rings. The number of hydrogen-bond acceptors (Lipinski definition) is 2. The van der Waals surface area contributed by atoms with Gasteiger partial charge in [0.25, 0.3) is 5.91 Å². The smallest absolute Gasteiger partial charge is 0.253 e. The summed E-state index contributed by atoms with van der Waals surface area (Å²) in [5.41, 5.74) is 5.99. The number of benzene rings is 1. The summed E-state index contributed by atoms with van der Waals surface area (Å²) in [5, 5.41) is 0. The molecular formula is C12H17FN2O. The van der Waals surface area contributed by atoms with Gasteiger partial charge in [-0.15, -0.1) is 0 Å². The predicted molar refractivity (Wildman–Crippen MR) is 61.6 cm³/mol. The van der Waals surface area contributed by atoms with E-state index in [1.54, 1.807) is 11.9 Å². The Balaban J connectivity index is 2.67. The maximum Gasteiger partial charge on any atom is 0.253 e. The molecule has 0 aromatic heterocycles. The van der Waals surface area contributed by atoms with Crippen molar-refractivity contribution >= 4 is 5.91 Å². The fourth-order valence-corrected chi connectivity index (χ4v) is 1.44. The largest absolute Gasteiger partial charge is 0.341 e. The van der Waals surface area contributed by atoms with E-state index in [0.29, 0.717) is 18.7 Å². The highest BCUT2D eigenvalue weighted by Gasteiger charge is 2.13. The summed E-state index contributed by atoms with van der Waals surface area (Å²) in [5.74, 6) is -0.191. The zero-order valence-corrected chi connectivity index (χ0v) is 9.61. The van der Waals surface area contributed by atoms with Crippen molar-refractivity contribution < 1.29 is 9.18 Å². The number of nitrogens with zero attached hydrogens (tertiary/aromatic N) is 1. The first-order chi connectivity index (χ1) is 7.54. The van der Waals surface area contributed by atoms with Crippen LogP contribution in [0.5, 0.6) is 0 Å². The van der Waals surface area contributed by atoms with E-state index in [1.165, 1.54) is 24.3 Å². The maximum atomic E-state index is 12.7. The Kier molecular flexibility index (Phi) is 4.43. The molecule has 2 N–H and O–H groups in total. The van der Waals surface area contributed by atoms with Crippen molar-refractivity contribution in [2.24, 2.45) is 11.7 Å². The van der Waals surface area contributed by atoms with Crippen molar-refractivity contribution in [2.45, 2.75) is 6.92 Å². The fraction of sp³-hybridized carbons (Fsp3) is 0.417. The van der Waals surface area contributed by atoms with E-state index in [2.05, 4.69) is 0 Å². The molecule has 88 valence electrons. The van der Waals surface area contributed by atoms with E-state index in [-0.39, 0.29) is 17.6 Å². The standard InChI is InChI=1S/C12H17FN2O/c1-9(7-14)8-15(2)12(16)10-3-5-11(13)6-4-10/h3-6,9H,7-8,14H2,1-2H3. The Morgan fingerprint density at radius 2 is 2.00 bits per heavy atom. The van der Waals surface area contributed by atoms with Gasteiger partial charge in [0.1, 0.15) is 5.82 Å². The van der Waals surface area contributed by atoms with Gasteiger partial charge >= 0.3 is 0 Å². The van der Waals surface area contributed by atoms with Gasteiger partial charge < -0.3 is 10.6 Å². The Morgan fingerprint density at radius 1 is 1.44 bits per heavy atom. The zero-order valence-electron chi connectivity index (χ0n) is 9.61. The monoisotopic (exact) mass is 224 g/mol. The van der Waals surface area contributed by atoms with Crippen LogP contribution in [-0.4, -0.2) is 30.9 Å². The van der Waals surface area contributed by atoms with Crippen LogP contribution in [0.2, 0.25) is 0 Å². The van der Waals surface area contributed by atoms with Crippen LogP contribution in [0.25, 0.3) is 0 Å². The lowest BCUT2D eigenvalue weighted by molar-refractivity contribution is 0.0777. The van der Waals surface area contributed by atoms with Crippen molar-refractivity contribution in [2.75, 3.05) is 20.1 Å². The van der Waals surface area contributed by atoms with E-state index < -0.39 is 0 Å². The highest BCUT2D eigenvalue weighted by molar-refractivity contribution is 5.93. The van der Waals surface area contributed by atoms with Crippen molar-refractivity contribution in [3.05, 3.63) is 35.6 Å². The second kappa shape index (κ2) is 5.61. The SMILES string of the molecule is CC(CN)CN(C)C(=O)c1ccc(F)cc1. The van der Waals surface area contributed by atoms with E-state index in [4.69, 9.17) is 5.73 Å². The molecule has 4 heteroatoms. The maximum absolute atomic E-state index is 12.7. The Bertz CT molecular complexity index is 351. The molecule has 0 saturated heterocycles. The lowest BCUT2D eigenvalue weighted by atomic mass is 10.1. The van der Waals surface area contributed by atoms with Gasteiger partial charge in [-0.1, -0.05) is 6.92 Å². The van der Waals surface area contributed by atoms with Gasteiger partial charge in [0, 0.05) is 19.2 Å². The van der Waals surface area contributed by atoms with Gasteiger partial charge in [-0.05, 0) is 36.7 Å². The van der Waals surface area contributed by atoms with Crippen molar-refractivity contribution in [1.82, 2.24) is 4.90 Å². The number of halogens is 1. The number of carbonyl (C=O) groups excluding carboxylic acids is 1. The van der Waals surface area contributed by atoms with Crippen molar-refractivity contribution in [1.29, 1.82) is 0 Å². The molecule has 1 amide bonds. The summed E-state index contributed by atoms with van der Waals surface area (Å²) in [6.45, 7) is 3.13. The van der Waals surface area contributed by atoms with Gasteiger partial charge in [0.05, 0.1) is 0 Å². The molecule has 0 bridgehead atoms. The summed E-state index contributed by atoms with van der Waals surface area (Å²) in [6.07, 6.45) is 0. The minimum atomic E-state index is -0.338. The summed E-state index contributed by atoms with van der Waals surface area (Å²) < 4.78 is 12.7. The minimum Gasteiger partial charge on any atom is -0.341 e. The van der Waals surface area contributed by atoms with Gasteiger partial charge in [-0.3, -0.25) is 4.79 Å². The van der Waals surface area contributed by atoms with E-state index >= 15 is 0 Å². The minimum absolute atomic E-state index is 0.111. The predicted octanol–water partition coefficient (Wildman–Crippen LogP) is 1.49. The van der Waals surface area contributed by atoms with Gasteiger partial charge in [-0.2, -0.15) is 0 Å². The third-order valence-electron chi connectivity index (χ3n) is 2.43. The number of amides is 1. The van der Waals surface area contributed by atoms with Crippen molar-refractivity contribution in [3.63, 3.8) is 0 Å². The molecule has 0 aliphatic rings. The highest BCUT2D eigenvalue weighted by atomic mass is 19.1. The normalized spacial score (nSPS) is 12.2. The first-order valence-corrected chi connectivity index (χ1v) is 5.25. The van der Waals surface area contributed by atoms with Gasteiger partial charge in [-0.25, -0.2) is 4.39 Å². The molecule has 0 spiro atoms. The molecule has 1 atom stereocenters. The second-order valence-corrected chi connectivity index (χ2v) is 4.03. The third-order valence-corrected chi connectivity index (χ3v) is 2.43. The molecule has 1 rings (SSSR count). The first kappa shape index (κ1) is 12.6. The second-order valence-electron chi connectivity index (χ2n) is 4.03. The Hall–Kier alpha value is -1.42. The molecule has 0 fully saturated rings. The molecule has 0 radical (unpaired) electrons. The molecule has 16 heavy (non-hydrogen) atoms. The molecule has 1 aromatic carbocycles. The molecule has 3 nitrogen and oxygen atoms in total. The van der Waals surface area contributed by atoms with E-state index in [9.17, 15) is 9.18 Å². The van der Waals surface area contributed by atoms with Crippen LogP contribution >= 0.6 is 0 Å². The third kappa shape index (κ3) is 3.31. The summed E-state index contributed by atoms with van der Waals surface area (Å²) in [7, 11) is 1.72. The van der Waals surface area contributed by atoms with Crippen LogP contribution in [0.3, 0.4) is 0 Å². The molecule has 0 saturated carbocycles. The molecular weight excluding hydrogens is 207 g/mol. The van der Waals surface area contributed by atoms with E-state index in [1.807, 2.05) is 6.92 Å². The Morgan fingerprint density at radius 3 is 2.50 bits per heavy atom. The topological polar surface area (TPSA) is 46.3 Å². The molecule has 1 unspecified atom stereocenters. The van der Waals surface area contributed by atoms with Crippen molar-refractivity contribution in [3.8, 4) is 0 Å². The van der Waals surface area contributed by atoms with Crippen LogP contribution in [-0.2, 0) is 0 Å². The number of carbonyl (C=O) groups is 1. The van der Waals surface area contributed by atoms with Crippen LogP contribution in [0.15, 0.2) is 24.3 Å². The van der Waals surface area contributed by atoms with Crippen LogP contribution in [0, 0.1) is 11.7 Å². The lowest BCUT2D eigenvalue weighted by Gasteiger charge is -2.20. The summed E-state index contributed by atoms with van der Waals surface area (Å²) >= 11 is 0. The average molecular weight is 224 g/mol. The number of rotatable bonds is 4. The molecule has 0 heterocycles. The van der Waals surface area contributed by atoms with E-state index in [0.717, 1.165) is 0 Å². The summed E-state index contributed by atoms with van der Waals surface area (Å²) in [6, 6.07) is 5.55. The van der Waals surface area contributed by atoms with Crippen LogP contribution < -0.4 is 5.73 Å². The number of hydrogen-bond donors (Lipinski definition) is 1. The molecule has 0 aliphatic carbocycles. The highest BCUT2D eigenvalue weighted by Crippen LogP contribution is 2.07. The average Bonchev–Trinajstić information content (AvgIpc) is 2.28. The summed E-state index contributed by atoms with van der Waals surface area (Å²) in [4.78, 5) is 13.5. The molecule has 0 aliphatic heterocycles. The van der Waals surface area contributed by atoms with Gasteiger partial charge in [0.2, 0.25) is 0 Å². The van der Waals surface area contributed by atoms with Crippen LogP contribution in [0.1, 0.15) is 17.3 Å². The number of nitrogens with two attached hydrogens (primary N) is 1. The first-order valence-electron chi connectivity index (χ1n) is 5.25. The quantitative estimate of drug-likeness (QED) is 0.842. The lowest BCUT2D eigenvalue weighted by Crippen LogP contribution is -2.33. The van der Waals surface area contributed by atoms with Gasteiger partial charge in [0.15, 0.2) is 0 Å².